The van der Waals surface area contributed by atoms with Crippen molar-refractivity contribution in [2.24, 2.45) is 5.41 Å². The first-order valence-electron chi connectivity index (χ1n) is 6.46. The zero-order chi connectivity index (χ0) is 14.2. The molecule has 0 radical (unpaired) electrons. The van der Waals surface area contributed by atoms with Crippen molar-refractivity contribution < 1.29 is 4.79 Å². The molecule has 3 rings (SSSR count). The maximum Gasteiger partial charge on any atom is 0.187 e. The lowest BCUT2D eigenvalue weighted by atomic mass is 9.99. The molecule has 0 saturated heterocycles. The second-order valence-electron chi connectivity index (χ2n) is 5.31. The zero-order valence-electron chi connectivity index (χ0n) is 11.1. The van der Waals surface area contributed by atoms with E-state index in [1.165, 1.54) is 11.0 Å². The van der Waals surface area contributed by atoms with Crippen LogP contribution in [-0.4, -0.2) is 20.5 Å². The highest BCUT2D eigenvalue weighted by molar-refractivity contribution is 6.30. The zero-order valence-corrected chi connectivity index (χ0v) is 11.8. The molecule has 0 atom stereocenters. The Hall–Kier alpha value is -1.94. The van der Waals surface area contributed by atoms with Crippen LogP contribution in [0.25, 0.3) is 11.8 Å². The Morgan fingerprint density at radius 2 is 2.05 bits per heavy atom. The van der Waals surface area contributed by atoms with Gasteiger partial charge in [-0.3, -0.25) is 4.79 Å². The molecule has 0 amide bonds. The van der Waals surface area contributed by atoms with Gasteiger partial charge in [0.2, 0.25) is 0 Å². The van der Waals surface area contributed by atoms with Crippen LogP contribution in [0.2, 0.25) is 5.02 Å². The molecular weight excluding hydrogens is 274 g/mol. The Kier molecular flexibility index (Phi) is 3.18. The number of carbonyl (C=O) groups is 1. The summed E-state index contributed by atoms with van der Waals surface area (Å²) in [7, 11) is 0. The fourth-order valence-corrected chi connectivity index (χ4v) is 2.13. The molecule has 0 aliphatic heterocycles. The number of nitrogens with zero attached hydrogens (tertiary/aromatic N) is 3. The van der Waals surface area contributed by atoms with Crippen LogP contribution >= 0.6 is 11.6 Å². The normalized spacial score (nSPS) is 17.0. The lowest BCUT2D eigenvalue weighted by Crippen LogP contribution is -2.18. The van der Waals surface area contributed by atoms with E-state index in [1.807, 2.05) is 25.1 Å². The Balaban J connectivity index is 2.01. The van der Waals surface area contributed by atoms with Crippen molar-refractivity contribution in [1.82, 2.24) is 14.8 Å². The largest absolute Gasteiger partial charge is 0.292 e. The molecule has 2 aromatic rings. The number of rotatable bonds is 4. The third-order valence-electron chi connectivity index (χ3n) is 3.62. The van der Waals surface area contributed by atoms with Crippen molar-refractivity contribution in [2.45, 2.75) is 19.8 Å². The molecule has 102 valence electrons. The summed E-state index contributed by atoms with van der Waals surface area (Å²) in [6.45, 7) is 1.99. The van der Waals surface area contributed by atoms with Gasteiger partial charge < -0.3 is 0 Å². The van der Waals surface area contributed by atoms with Gasteiger partial charge in [0.25, 0.3) is 0 Å². The van der Waals surface area contributed by atoms with Gasteiger partial charge in [-0.2, -0.15) is 5.10 Å². The summed E-state index contributed by atoms with van der Waals surface area (Å²) in [6, 6.07) is 7.36. The minimum atomic E-state index is -0.246. The summed E-state index contributed by atoms with van der Waals surface area (Å²) in [6.07, 6.45) is 6.66. The van der Waals surface area contributed by atoms with Gasteiger partial charge in [-0.25, -0.2) is 9.67 Å². The molecule has 4 nitrogen and oxygen atoms in total. The molecule has 1 aromatic carbocycles. The molecule has 1 aromatic heterocycles. The van der Waals surface area contributed by atoms with Crippen LogP contribution in [0.4, 0.5) is 0 Å². The number of ketones is 1. The molecule has 0 unspecified atom stereocenters. The second-order valence-corrected chi connectivity index (χ2v) is 5.75. The topological polar surface area (TPSA) is 47.8 Å². The van der Waals surface area contributed by atoms with Gasteiger partial charge in [0, 0.05) is 10.4 Å². The third kappa shape index (κ3) is 2.51. The van der Waals surface area contributed by atoms with E-state index < -0.39 is 0 Å². The summed E-state index contributed by atoms with van der Waals surface area (Å²) in [5.74, 6) is 0.109. The van der Waals surface area contributed by atoms with Crippen LogP contribution in [0.5, 0.6) is 0 Å². The quantitative estimate of drug-likeness (QED) is 0.811. The number of hydrogen-bond acceptors (Lipinski definition) is 3. The van der Waals surface area contributed by atoms with Gasteiger partial charge in [-0.1, -0.05) is 30.7 Å². The predicted molar refractivity (Wildman–Crippen MR) is 78.0 cm³/mol. The first-order chi connectivity index (χ1) is 9.58. The molecule has 1 saturated carbocycles. The summed E-state index contributed by atoms with van der Waals surface area (Å²) in [5.41, 5.74) is 1.21. The Morgan fingerprint density at radius 1 is 1.35 bits per heavy atom. The van der Waals surface area contributed by atoms with Crippen LogP contribution in [0, 0.1) is 5.41 Å². The number of benzene rings is 1. The maximum absolute atomic E-state index is 12.6. The molecule has 0 N–H and O–H groups in total. The van der Waals surface area contributed by atoms with E-state index in [0.717, 1.165) is 18.4 Å². The van der Waals surface area contributed by atoms with Crippen LogP contribution < -0.4 is 0 Å². The maximum atomic E-state index is 12.6. The lowest BCUT2D eigenvalue weighted by molar-refractivity contribution is -0.118. The van der Waals surface area contributed by atoms with Crippen LogP contribution in [0.3, 0.4) is 0 Å². The molecule has 1 heterocycles. The molecule has 20 heavy (non-hydrogen) atoms. The van der Waals surface area contributed by atoms with E-state index in [9.17, 15) is 4.79 Å². The number of hydrogen-bond donors (Lipinski definition) is 0. The van der Waals surface area contributed by atoms with Gasteiger partial charge in [0.15, 0.2) is 5.78 Å². The molecule has 1 aliphatic carbocycles. The van der Waals surface area contributed by atoms with Crippen LogP contribution in [0.1, 0.15) is 25.3 Å². The van der Waals surface area contributed by atoms with E-state index in [1.54, 1.807) is 18.5 Å². The second kappa shape index (κ2) is 4.87. The first-order valence-corrected chi connectivity index (χ1v) is 6.83. The summed E-state index contributed by atoms with van der Waals surface area (Å²) in [5, 5.41) is 4.75. The monoisotopic (exact) mass is 287 g/mol. The number of carbonyl (C=O) groups excluding carboxylic acids is 1. The fraction of sp³-hybridized carbons (Fsp3) is 0.267. The number of allylic oxidation sites excluding steroid dienone is 1. The number of halogens is 1. The summed E-state index contributed by atoms with van der Waals surface area (Å²) >= 11 is 5.88. The van der Waals surface area contributed by atoms with Crippen molar-refractivity contribution in [3.8, 4) is 0 Å². The molecule has 0 bridgehead atoms. The van der Waals surface area contributed by atoms with Gasteiger partial charge in [0.1, 0.15) is 18.4 Å². The standard InChI is InChI=1S/C15H14ClN3O/c1-15(6-7-15)14(20)13(19-10-17-9-18-19)8-11-2-4-12(16)5-3-11/h2-5,8-10H,6-7H2,1H3/b13-8+. The van der Waals surface area contributed by atoms with Crippen LogP contribution in [-0.2, 0) is 4.79 Å². The average Bonchev–Trinajstić information content (AvgIpc) is 2.99. The van der Waals surface area contributed by atoms with Gasteiger partial charge >= 0.3 is 0 Å². The smallest absolute Gasteiger partial charge is 0.187 e. The Morgan fingerprint density at radius 3 is 2.60 bits per heavy atom. The minimum absolute atomic E-state index is 0.109. The number of Topliss-reactive ketones (excluding diaryl/α,β-unsaturated/α-hetero) is 1. The molecular formula is C15H14ClN3O. The van der Waals surface area contributed by atoms with Gasteiger partial charge in [-0.05, 0) is 36.6 Å². The molecule has 1 aliphatic rings. The predicted octanol–water partition coefficient (Wildman–Crippen LogP) is 3.30. The highest BCUT2D eigenvalue weighted by Gasteiger charge is 2.46. The van der Waals surface area contributed by atoms with E-state index in [-0.39, 0.29) is 11.2 Å². The number of aromatic nitrogens is 3. The van der Waals surface area contributed by atoms with Crippen molar-refractivity contribution >= 4 is 29.2 Å². The minimum Gasteiger partial charge on any atom is -0.292 e. The molecule has 0 spiro atoms. The average molecular weight is 288 g/mol. The fourth-order valence-electron chi connectivity index (χ4n) is 2.01. The lowest BCUT2D eigenvalue weighted by Gasteiger charge is -2.11. The third-order valence-corrected chi connectivity index (χ3v) is 3.87. The van der Waals surface area contributed by atoms with Crippen molar-refractivity contribution in [1.29, 1.82) is 0 Å². The molecule has 1 fully saturated rings. The summed E-state index contributed by atoms with van der Waals surface area (Å²) < 4.78 is 1.53. The van der Waals surface area contributed by atoms with Crippen LogP contribution in [0.15, 0.2) is 36.9 Å². The van der Waals surface area contributed by atoms with Crippen molar-refractivity contribution in [2.75, 3.05) is 0 Å². The highest BCUT2D eigenvalue weighted by Crippen LogP contribution is 2.48. The van der Waals surface area contributed by atoms with E-state index in [4.69, 9.17) is 11.6 Å². The highest BCUT2D eigenvalue weighted by atomic mass is 35.5. The first kappa shape index (κ1) is 13.1. The SMILES string of the molecule is CC1(C(=O)/C(=C\c2ccc(Cl)cc2)n2cncn2)CC1. The Bertz CT molecular complexity index is 655. The van der Waals surface area contributed by atoms with Crippen molar-refractivity contribution in [3.05, 3.63) is 47.5 Å². The Labute approximate surface area is 122 Å². The van der Waals surface area contributed by atoms with E-state index in [2.05, 4.69) is 10.1 Å². The van der Waals surface area contributed by atoms with E-state index in [0.29, 0.717) is 10.7 Å². The van der Waals surface area contributed by atoms with Gasteiger partial charge in [-0.15, -0.1) is 0 Å². The van der Waals surface area contributed by atoms with Crippen molar-refractivity contribution in [3.63, 3.8) is 0 Å². The van der Waals surface area contributed by atoms with E-state index >= 15 is 0 Å². The molecule has 5 heteroatoms. The summed E-state index contributed by atoms with van der Waals surface area (Å²) in [4.78, 5) is 16.5. The van der Waals surface area contributed by atoms with Gasteiger partial charge in [0.05, 0.1) is 0 Å².